The van der Waals surface area contributed by atoms with E-state index < -0.39 is 36.2 Å². The predicted octanol–water partition coefficient (Wildman–Crippen LogP) is 1.56. The molecule has 8 heteroatoms. The molecule has 1 amide bonds. The number of β-lactam (4-membered cyclic amide) rings is 1. The van der Waals surface area contributed by atoms with E-state index in [0.717, 1.165) is 11.1 Å². The highest BCUT2D eigenvalue weighted by molar-refractivity contribution is 6.06. The SMILES string of the molecule is C[C@@H](O)[C@H]1C(=O)N2C(C(=O)OCOC(=O)C(C)(C)C)=C(c3ccc(CN)cc3)C[C@H]12. The molecule has 0 spiro atoms. The number of aliphatic hydroxyl groups excluding tert-OH is 1. The van der Waals surface area contributed by atoms with Gasteiger partial charge in [-0.2, -0.15) is 0 Å². The van der Waals surface area contributed by atoms with Gasteiger partial charge in [0.2, 0.25) is 12.7 Å². The monoisotopic (exact) mass is 416 g/mol. The lowest BCUT2D eigenvalue weighted by Crippen LogP contribution is -2.61. The molecule has 2 aliphatic rings. The number of hydrogen-bond donors (Lipinski definition) is 2. The standard InChI is InChI=1S/C22H28N2O6/c1-12(25)17-16-9-15(14-7-5-13(10-23)6-8-14)18(24(16)19(17)26)20(27)29-11-30-21(28)22(2,3)4/h5-8,12,16-17,25H,9-11,23H2,1-4H3/t12-,16-,17-/m1/s1. The zero-order valence-electron chi connectivity index (χ0n) is 17.7. The molecular weight excluding hydrogens is 388 g/mol. The van der Waals surface area contributed by atoms with Gasteiger partial charge in [0.15, 0.2) is 0 Å². The van der Waals surface area contributed by atoms with E-state index in [-0.39, 0.29) is 17.6 Å². The van der Waals surface area contributed by atoms with E-state index in [2.05, 4.69) is 0 Å². The summed E-state index contributed by atoms with van der Waals surface area (Å²) in [5, 5.41) is 9.96. The second-order valence-corrected chi connectivity index (χ2v) is 8.71. The van der Waals surface area contributed by atoms with Crippen LogP contribution < -0.4 is 5.73 Å². The summed E-state index contributed by atoms with van der Waals surface area (Å²) in [4.78, 5) is 38.7. The van der Waals surface area contributed by atoms with Crippen LogP contribution in [0.1, 0.15) is 45.2 Å². The molecule has 0 bridgehead atoms. The highest BCUT2D eigenvalue weighted by atomic mass is 16.7. The zero-order chi connectivity index (χ0) is 22.2. The van der Waals surface area contributed by atoms with Crippen LogP contribution in [0.15, 0.2) is 30.0 Å². The third-order valence-corrected chi connectivity index (χ3v) is 5.45. The Morgan fingerprint density at radius 2 is 1.87 bits per heavy atom. The summed E-state index contributed by atoms with van der Waals surface area (Å²) in [5.74, 6) is -2.12. The molecule has 0 unspecified atom stereocenters. The molecule has 3 atom stereocenters. The van der Waals surface area contributed by atoms with Crippen molar-refractivity contribution in [2.45, 2.75) is 52.8 Å². The number of amides is 1. The number of nitrogens with two attached hydrogens (primary N) is 1. The number of aliphatic hydroxyl groups is 1. The van der Waals surface area contributed by atoms with Crippen molar-refractivity contribution in [3.05, 3.63) is 41.1 Å². The zero-order valence-corrected chi connectivity index (χ0v) is 17.7. The Kier molecular flexibility index (Phi) is 6.01. The molecule has 0 saturated carbocycles. The number of fused-ring (bicyclic) bond motifs is 1. The maximum Gasteiger partial charge on any atom is 0.358 e. The quantitative estimate of drug-likeness (QED) is 0.410. The molecule has 3 rings (SSSR count). The van der Waals surface area contributed by atoms with Crippen LogP contribution in [0.3, 0.4) is 0 Å². The molecule has 2 heterocycles. The van der Waals surface area contributed by atoms with Crippen molar-refractivity contribution in [1.29, 1.82) is 0 Å². The van der Waals surface area contributed by atoms with Gasteiger partial charge in [0, 0.05) is 6.54 Å². The third kappa shape index (κ3) is 3.97. The van der Waals surface area contributed by atoms with Crippen LogP contribution in [0.25, 0.3) is 5.57 Å². The molecular formula is C22H28N2O6. The first kappa shape index (κ1) is 22.0. The first-order valence-electron chi connectivity index (χ1n) is 9.94. The molecule has 0 aromatic heterocycles. The van der Waals surface area contributed by atoms with Crippen molar-refractivity contribution >= 4 is 23.4 Å². The van der Waals surface area contributed by atoms with Crippen molar-refractivity contribution in [3.8, 4) is 0 Å². The summed E-state index contributed by atoms with van der Waals surface area (Å²) in [6, 6.07) is 7.11. The Labute approximate surface area is 175 Å². The number of benzene rings is 1. The number of rotatable bonds is 6. The van der Waals surface area contributed by atoms with Crippen LogP contribution in [0.5, 0.6) is 0 Å². The number of ether oxygens (including phenoxy) is 2. The lowest BCUT2D eigenvalue weighted by molar-refractivity contribution is -0.175. The van der Waals surface area contributed by atoms with Gasteiger partial charge in [0.1, 0.15) is 5.70 Å². The molecule has 162 valence electrons. The Hall–Kier alpha value is -2.71. The number of nitrogens with zero attached hydrogens (tertiary/aromatic N) is 1. The Morgan fingerprint density at radius 3 is 2.40 bits per heavy atom. The molecule has 0 aliphatic carbocycles. The summed E-state index contributed by atoms with van der Waals surface area (Å²) in [7, 11) is 0. The fourth-order valence-electron chi connectivity index (χ4n) is 3.78. The van der Waals surface area contributed by atoms with Gasteiger partial charge in [-0.05, 0) is 50.8 Å². The maximum atomic E-state index is 12.8. The summed E-state index contributed by atoms with van der Waals surface area (Å²) >= 11 is 0. The largest absolute Gasteiger partial charge is 0.427 e. The third-order valence-electron chi connectivity index (χ3n) is 5.45. The molecule has 1 aromatic rings. The van der Waals surface area contributed by atoms with Gasteiger partial charge in [-0.15, -0.1) is 0 Å². The van der Waals surface area contributed by atoms with Gasteiger partial charge >= 0.3 is 11.9 Å². The molecule has 30 heavy (non-hydrogen) atoms. The van der Waals surface area contributed by atoms with Crippen LogP contribution in [-0.2, 0) is 30.4 Å². The van der Waals surface area contributed by atoms with E-state index in [1.807, 2.05) is 24.3 Å². The highest BCUT2D eigenvalue weighted by Crippen LogP contribution is 2.47. The maximum absolute atomic E-state index is 12.8. The Balaban J connectivity index is 1.84. The lowest BCUT2D eigenvalue weighted by atomic mass is 9.82. The highest BCUT2D eigenvalue weighted by Gasteiger charge is 2.57. The summed E-state index contributed by atoms with van der Waals surface area (Å²) in [6.07, 6.45) is -0.391. The minimum absolute atomic E-state index is 0.134. The van der Waals surface area contributed by atoms with Crippen LogP contribution in [-0.4, -0.2) is 46.8 Å². The van der Waals surface area contributed by atoms with E-state index in [1.165, 1.54) is 4.90 Å². The minimum atomic E-state index is -0.817. The normalized spacial score (nSPS) is 21.8. The fraction of sp³-hybridized carbons (Fsp3) is 0.500. The van der Waals surface area contributed by atoms with Crippen LogP contribution in [0.2, 0.25) is 0 Å². The summed E-state index contributed by atoms with van der Waals surface area (Å²) in [6.45, 7) is 6.50. The molecule has 1 fully saturated rings. The van der Waals surface area contributed by atoms with E-state index >= 15 is 0 Å². The molecule has 3 N–H and O–H groups in total. The molecule has 0 radical (unpaired) electrons. The van der Waals surface area contributed by atoms with Crippen LogP contribution >= 0.6 is 0 Å². The Bertz CT molecular complexity index is 882. The second kappa shape index (κ2) is 8.20. The summed E-state index contributed by atoms with van der Waals surface area (Å²) in [5.41, 5.74) is 7.44. The van der Waals surface area contributed by atoms with Gasteiger partial charge < -0.3 is 25.2 Å². The van der Waals surface area contributed by atoms with Gasteiger partial charge in [-0.25, -0.2) is 4.79 Å². The van der Waals surface area contributed by atoms with E-state index in [1.54, 1.807) is 27.7 Å². The van der Waals surface area contributed by atoms with Crippen molar-refractivity contribution in [2.24, 2.45) is 17.1 Å². The van der Waals surface area contributed by atoms with Crippen molar-refractivity contribution in [2.75, 3.05) is 6.79 Å². The van der Waals surface area contributed by atoms with E-state index in [0.29, 0.717) is 18.5 Å². The topological polar surface area (TPSA) is 119 Å². The Morgan fingerprint density at radius 1 is 1.23 bits per heavy atom. The van der Waals surface area contributed by atoms with E-state index in [9.17, 15) is 19.5 Å². The van der Waals surface area contributed by atoms with Gasteiger partial charge in [0.25, 0.3) is 0 Å². The number of esters is 2. The van der Waals surface area contributed by atoms with Gasteiger partial charge in [-0.1, -0.05) is 24.3 Å². The average molecular weight is 416 g/mol. The first-order valence-corrected chi connectivity index (χ1v) is 9.94. The predicted molar refractivity (Wildman–Crippen MR) is 108 cm³/mol. The van der Waals surface area contributed by atoms with Crippen molar-refractivity contribution < 1.29 is 29.0 Å². The summed E-state index contributed by atoms with van der Waals surface area (Å²) < 4.78 is 10.2. The number of carbonyl (C=O) groups is 3. The van der Waals surface area contributed by atoms with Gasteiger partial charge in [0.05, 0.1) is 23.5 Å². The second-order valence-electron chi connectivity index (χ2n) is 8.71. The van der Waals surface area contributed by atoms with Gasteiger partial charge in [-0.3, -0.25) is 9.59 Å². The average Bonchev–Trinajstić information content (AvgIpc) is 3.01. The molecule has 8 nitrogen and oxygen atoms in total. The van der Waals surface area contributed by atoms with Crippen LogP contribution in [0.4, 0.5) is 0 Å². The lowest BCUT2D eigenvalue weighted by Gasteiger charge is -2.44. The fourth-order valence-corrected chi connectivity index (χ4v) is 3.78. The first-order chi connectivity index (χ1) is 14.1. The van der Waals surface area contributed by atoms with E-state index in [4.69, 9.17) is 15.2 Å². The molecule has 1 saturated heterocycles. The van der Waals surface area contributed by atoms with Crippen molar-refractivity contribution in [1.82, 2.24) is 4.90 Å². The van der Waals surface area contributed by atoms with Crippen LogP contribution in [0, 0.1) is 11.3 Å². The number of carbonyl (C=O) groups excluding carboxylic acids is 3. The van der Waals surface area contributed by atoms with Crippen molar-refractivity contribution in [3.63, 3.8) is 0 Å². The number of hydrogen-bond acceptors (Lipinski definition) is 7. The smallest absolute Gasteiger partial charge is 0.358 e. The molecule has 2 aliphatic heterocycles. The minimum Gasteiger partial charge on any atom is -0.427 e. The molecule has 1 aromatic carbocycles.